The summed E-state index contributed by atoms with van der Waals surface area (Å²) in [7, 11) is 0. The van der Waals surface area contributed by atoms with Gasteiger partial charge in [0, 0.05) is 75.0 Å². The second kappa shape index (κ2) is 5.81. The number of nitrogens with one attached hydrogen (secondary N) is 1. The Kier molecular flexibility index (Phi) is 5.17. The van der Waals surface area contributed by atoms with Gasteiger partial charge in [-0.05, 0) is 12.1 Å². The average Bonchev–Trinajstić information content (AvgIpc) is 2.61. The molecule has 0 spiro atoms. The van der Waals surface area contributed by atoms with Gasteiger partial charge in [-0.15, -0.1) is 0 Å². The van der Waals surface area contributed by atoms with Gasteiger partial charge in [-0.1, -0.05) is 18.2 Å². The molecule has 7 heteroatoms. The van der Waals surface area contributed by atoms with Crippen molar-refractivity contribution in [2.45, 2.75) is 6.18 Å². The van der Waals surface area contributed by atoms with Crippen molar-refractivity contribution < 1.29 is 13.2 Å². The van der Waals surface area contributed by atoms with E-state index in [-0.39, 0.29) is 68.9 Å². The van der Waals surface area contributed by atoms with Crippen LogP contribution in [0.1, 0.15) is 5.69 Å². The fourth-order valence-corrected chi connectivity index (χ4v) is 1.31. The number of hydrogen-bond acceptors (Lipinski definition) is 1. The van der Waals surface area contributed by atoms with Crippen LogP contribution in [0.3, 0.4) is 0 Å². The van der Waals surface area contributed by atoms with E-state index in [1.165, 1.54) is 12.1 Å². The molecule has 1 heterocycles. The van der Waals surface area contributed by atoms with Crippen LogP contribution < -0.4 is 5.56 Å². The maximum Gasteiger partial charge on any atom is 0.432 e. The molecule has 0 saturated heterocycles. The molecule has 0 aliphatic carbocycles. The van der Waals surface area contributed by atoms with Crippen molar-refractivity contribution in [2.24, 2.45) is 0 Å². The van der Waals surface area contributed by atoms with E-state index in [9.17, 15) is 18.0 Å². The van der Waals surface area contributed by atoms with Crippen LogP contribution in [-0.2, 0) is 6.18 Å². The van der Waals surface area contributed by atoms with Gasteiger partial charge >= 0.3 is 6.18 Å². The summed E-state index contributed by atoms with van der Waals surface area (Å²) < 4.78 is 37.8. The van der Waals surface area contributed by atoms with Gasteiger partial charge in [-0.2, -0.15) is 13.2 Å². The fraction of sp³-hybridized carbons (Fsp3) is 0.100. The van der Waals surface area contributed by atoms with Crippen LogP contribution in [0.4, 0.5) is 13.2 Å². The number of benzene rings is 1. The molecule has 1 aromatic heterocycles. The van der Waals surface area contributed by atoms with Crippen LogP contribution in [0.5, 0.6) is 0 Å². The van der Waals surface area contributed by atoms with E-state index in [1.807, 2.05) is 5.10 Å². The maximum absolute atomic E-state index is 12.3. The molecule has 0 unspecified atom stereocenters. The predicted molar refractivity (Wildman–Crippen MR) is 57.1 cm³/mol. The SMILES string of the molecule is O=c1cc(C(F)(F)F)[nH]n1-c1ccccc1.[Cs]. The topological polar surface area (TPSA) is 37.8 Å². The second-order valence-electron chi connectivity index (χ2n) is 3.18. The molecule has 0 bridgehead atoms. The molecule has 0 aliphatic heterocycles. The normalized spacial score (nSPS) is 11.0. The summed E-state index contributed by atoms with van der Waals surface area (Å²) in [6.45, 7) is 0. The summed E-state index contributed by atoms with van der Waals surface area (Å²) in [6, 6.07) is 8.59. The molecule has 2 aromatic rings. The van der Waals surface area contributed by atoms with Gasteiger partial charge in [0.1, 0.15) is 5.69 Å². The van der Waals surface area contributed by atoms with E-state index in [0.29, 0.717) is 11.8 Å². The van der Waals surface area contributed by atoms with Crippen LogP contribution in [0.15, 0.2) is 41.2 Å². The minimum absolute atomic E-state index is 0. The summed E-state index contributed by atoms with van der Waals surface area (Å²) in [6.07, 6.45) is -4.54. The quantitative estimate of drug-likeness (QED) is 0.827. The van der Waals surface area contributed by atoms with Crippen molar-refractivity contribution >= 4 is 68.9 Å². The molecule has 3 nitrogen and oxygen atoms in total. The number of nitrogens with zero attached hydrogens (tertiary/aromatic N) is 1. The number of alkyl halides is 3. The van der Waals surface area contributed by atoms with E-state index in [0.717, 1.165) is 4.68 Å². The maximum atomic E-state index is 12.3. The van der Waals surface area contributed by atoms with Crippen molar-refractivity contribution in [1.82, 2.24) is 9.78 Å². The van der Waals surface area contributed by atoms with Gasteiger partial charge in [0.2, 0.25) is 0 Å². The molecule has 0 fully saturated rings. The van der Waals surface area contributed by atoms with E-state index in [4.69, 9.17) is 0 Å². The third-order valence-corrected chi connectivity index (χ3v) is 2.04. The van der Waals surface area contributed by atoms with E-state index in [1.54, 1.807) is 18.2 Å². The zero-order valence-corrected chi connectivity index (χ0v) is 15.2. The first kappa shape index (κ1) is 15.1. The third-order valence-electron chi connectivity index (χ3n) is 2.04. The minimum Gasteiger partial charge on any atom is -0.286 e. The number of aromatic amines is 1. The Balaban J connectivity index is 0.00000144. The Bertz CT molecular complexity index is 545. The Morgan fingerprint density at radius 3 is 2.18 bits per heavy atom. The largest absolute Gasteiger partial charge is 0.432 e. The van der Waals surface area contributed by atoms with Crippen LogP contribution in [0, 0.1) is 0 Å². The molecule has 0 atom stereocenters. The molecule has 2 rings (SSSR count). The van der Waals surface area contributed by atoms with Gasteiger partial charge in [0.05, 0.1) is 5.69 Å². The molecule has 1 radical (unpaired) electrons. The van der Waals surface area contributed by atoms with Gasteiger partial charge in [-0.3, -0.25) is 9.89 Å². The van der Waals surface area contributed by atoms with Crippen molar-refractivity contribution in [3.05, 3.63) is 52.4 Å². The van der Waals surface area contributed by atoms with E-state index >= 15 is 0 Å². The van der Waals surface area contributed by atoms with Crippen molar-refractivity contribution in [3.8, 4) is 5.69 Å². The molecule has 1 N–H and O–H groups in total. The van der Waals surface area contributed by atoms with E-state index in [2.05, 4.69) is 0 Å². The van der Waals surface area contributed by atoms with Crippen LogP contribution in [0.2, 0.25) is 0 Å². The third kappa shape index (κ3) is 3.52. The van der Waals surface area contributed by atoms with E-state index < -0.39 is 17.4 Å². The standard InChI is InChI=1S/C10H7F3N2O.Cs/c11-10(12,13)8-6-9(16)15(14-8)7-4-2-1-3-5-7;/h1-6,14H;. The predicted octanol–water partition coefficient (Wildman–Crippen LogP) is 1.80. The number of halogens is 3. The summed E-state index contributed by atoms with van der Waals surface area (Å²) in [5, 5.41) is 2.02. The molecule has 0 aliphatic rings. The number of aromatic nitrogens is 2. The molecule has 17 heavy (non-hydrogen) atoms. The molecule has 1 aromatic carbocycles. The molecular weight excluding hydrogens is 354 g/mol. The number of hydrogen-bond donors (Lipinski definition) is 1. The average molecular weight is 361 g/mol. The molecular formula is C10H7CsF3N2O. The Labute approximate surface area is 153 Å². The zero-order chi connectivity index (χ0) is 11.8. The van der Waals surface area contributed by atoms with Crippen molar-refractivity contribution in [3.63, 3.8) is 0 Å². The zero-order valence-electron chi connectivity index (χ0n) is 8.95. The van der Waals surface area contributed by atoms with Gasteiger partial charge < -0.3 is 0 Å². The Morgan fingerprint density at radius 1 is 1.12 bits per heavy atom. The first-order valence-corrected chi connectivity index (χ1v) is 4.43. The fourth-order valence-electron chi connectivity index (χ4n) is 1.31. The number of rotatable bonds is 1. The van der Waals surface area contributed by atoms with Gasteiger partial charge in [0.15, 0.2) is 0 Å². The molecule has 85 valence electrons. The summed E-state index contributed by atoms with van der Waals surface area (Å²) >= 11 is 0. The summed E-state index contributed by atoms with van der Waals surface area (Å²) in [5.74, 6) is 0. The first-order valence-electron chi connectivity index (χ1n) is 4.43. The van der Waals surface area contributed by atoms with Crippen LogP contribution >= 0.6 is 0 Å². The Hall–Kier alpha value is 0.0719. The van der Waals surface area contributed by atoms with Crippen LogP contribution in [0.25, 0.3) is 5.69 Å². The summed E-state index contributed by atoms with van der Waals surface area (Å²) in [5.41, 5.74) is -1.43. The number of H-pyrrole nitrogens is 1. The molecule has 0 amide bonds. The van der Waals surface area contributed by atoms with Gasteiger partial charge in [0.25, 0.3) is 5.56 Å². The van der Waals surface area contributed by atoms with Gasteiger partial charge in [-0.25, -0.2) is 4.68 Å². The Morgan fingerprint density at radius 2 is 1.71 bits per heavy atom. The number of para-hydroxylation sites is 1. The van der Waals surface area contributed by atoms with Crippen molar-refractivity contribution in [2.75, 3.05) is 0 Å². The second-order valence-corrected chi connectivity index (χ2v) is 3.18. The monoisotopic (exact) mass is 361 g/mol. The van der Waals surface area contributed by atoms with Crippen LogP contribution in [-0.4, -0.2) is 78.7 Å². The van der Waals surface area contributed by atoms with Crippen molar-refractivity contribution in [1.29, 1.82) is 0 Å². The summed E-state index contributed by atoms with van der Waals surface area (Å²) in [4.78, 5) is 11.3. The smallest absolute Gasteiger partial charge is 0.286 e. The first-order chi connectivity index (χ1) is 7.48. The minimum atomic E-state index is -4.54. The molecule has 0 saturated carbocycles.